The first-order valence-electron chi connectivity index (χ1n) is 14.7. The van der Waals surface area contributed by atoms with Crippen LogP contribution < -0.4 is 10.6 Å². The zero-order valence-electron chi connectivity index (χ0n) is 24.0. The van der Waals surface area contributed by atoms with Crippen LogP contribution in [0.25, 0.3) is 10.9 Å². The van der Waals surface area contributed by atoms with Gasteiger partial charge in [0.05, 0.1) is 11.6 Å². The molecule has 0 saturated carbocycles. The van der Waals surface area contributed by atoms with Gasteiger partial charge in [-0.05, 0) is 78.9 Å². The number of alkyl halides is 3. The van der Waals surface area contributed by atoms with E-state index in [1.807, 2.05) is 48.5 Å². The largest absolute Gasteiger partial charge is 0.416 e. The number of aryl methyl sites for hydroxylation is 1. The van der Waals surface area contributed by atoms with Crippen LogP contribution in [0.1, 0.15) is 63.2 Å². The summed E-state index contributed by atoms with van der Waals surface area (Å²) in [6, 6.07) is 21.9. The van der Waals surface area contributed by atoms with Crippen LogP contribution in [0.5, 0.6) is 0 Å². The van der Waals surface area contributed by atoms with Gasteiger partial charge in [-0.25, -0.2) is 0 Å². The van der Waals surface area contributed by atoms with Crippen molar-refractivity contribution in [1.82, 2.24) is 20.1 Å². The van der Waals surface area contributed by atoms with Crippen LogP contribution in [0, 0.1) is 17.2 Å². The number of aromatic nitrogens is 1. The number of piperidine rings is 1. The lowest BCUT2D eigenvalue weighted by Gasteiger charge is -2.42. The van der Waals surface area contributed by atoms with Crippen molar-refractivity contribution in [3.63, 3.8) is 0 Å². The number of hydrogen-bond donors (Lipinski definition) is 2. The quantitative estimate of drug-likeness (QED) is 0.279. The summed E-state index contributed by atoms with van der Waals surface area (Å²) in [4.78, 5) is 15.8. The number of fused-ring (bicyclic) bond motifs is 3. The monoisotopic (exact) mass is 585 g/mol. The van der Waals surface area contributed by atoms with E-state index in [-0.39, 0.29) is 11.9 Å². The van der Waals surface area contributed by atoms with Gasteiger partial charge in [-0.3, -0.25) is 9.69 Å². The van der Waals surface area contributed by atoms with E-state index in [2.05, 4.69) is 33.2 Å². The Hall–Kier alpha value is -4.13. The van der Waals surface area contributed by atoms with Crippen LogP contribution in [-0.2, 0) is 26.2 Å². The Morgan fingerprint density at radius 3 is 2.47 bits per heavy atom. The predicted octanol–water partition coefficient (Wildman–Crippen LogP) is 6.29. The van der Waals surface area contributed by atoms with Crippen molar-refractivity contribution >= 4 is 16.8 Å². The lowest BCUT2D eigenvalue weighted by Crippen LogP contribution is -2.42. The van der Waals surface area contributed by atoms with Gasteiger partial charge in [-0.15, -0.1) is 0 Å². The molecule has 1 saturated heterocycles. The number of nitrogens with zero attached hydrogens (tertiary/aromatic N) is 3. The van der Waals surface area contributed by atoms with E-state index in [1.165, 1.54) is 11.3 Å². The van der Waals surface area contributed by atoms with E-state index in [9.17, 15) is 23.2 Å². The molecule has 1 fully saturated rings. The molecule has 0 spiro atoms. The van der Waals surface area contributed by atoms with Gasteiger partial charge in [0, 0.05) is 54.8 Å². The molecule has 1 amide bonds. The van der Waals surface area contributed by atoms with Crippen LogP contribution in [0.2, 0.25) is 0 Å². The predicted molar refractivity (Wildman–Crippen MR) is 159 cm³/mol. The number of nitriles is 1. The highest BCUT2D eigenvalue weighted by Crippen LogP contribution is 2.44. The SMILES string of the molecule is Cn1c2c(c3cc(C(=O)NC(C#N)c4ccccc4)ccc31)C(C1CCNCC1)N(Cc1ccc(C(F)(F)F)cc1)CC2. The molecule has 0 bridgehead atoms. The summed E-state index contributed by atoms with van der Waals surface area (Å²) >= 11 is 0. The molecule has 2 atom stereocenters. The van der Waals surface area contributed by atoms with Gasteiger partial charge < -0.3 is 15.2 Å². The van der Waals surface area contributed by atoms with Gasteiger partial charge >= 0.3 is 6.18 Å². The molecule has 9 heteroatoms. The molecule has 3 heterocycles. The van der Waals surface area contributed by atoms with Gasteiger partial charge in [-0.2, -0.15) is 18.4 Å². The Morgan fingerprint density at radius 1 is 1.07 bits per heavy atom. The molecule has 1 aromatic heterocycles. The maximum atomic E-state index is 13.4. The summed E-state index contributed by atoms with van der Waals surface area (Å²) in [5, 5.41) is 17.1. The molecule has 6 nitrogen and oxygen atoms in total. The molecular formula is C34H34F3N5O. The minimum absolute atomic E-state index is 0.0614. The highest BCUT2D eigenvalue weighted by molar-refractivity contribution is 5.99. The van der Waals surface area contributed by atoms with E-state index in [1.54, 1.807) is 12.1 Å². The topological polar surface area (TPSA) is 73.1 Å². The minimum atomic E-state index is -4.36. The normalized spacial score (nSPS) is 18.6. The minimum Gasteiger partial charge on any atom is -0.347 e. The first-order chi connectivity index (χ1) is 20.7. The lowest BCUT2D eigenvalue weighted by atomic mass is 9.81. The Morgan fingerprint density at radius 2 is 1.79 bits per heavy atom. The number of carbonyl (C=O) groups excluding carboxylic acids is 1. The zero-order chi connectivity index (χ0) is 30.1. The second-order valence-electron chi connectivity index (χ2n) is 11.5. The molecule has 2 N–H and O–H groups in total. The molecule has 43 heavy (non-hydrogen) atoms. The van der Waals surface area contributed by atoms with Gasteiger partial charge in [0.2, 0.25) is 0 Å². The van der Waals surface area contributed by atoms with Crippen LogP contribution >= 0.6 is 0 Å². The number of amides is 1. The number of nitrogens with one attached hydrogen (secondary N) is 2. The zero-order valence-corrected chi connectivity index (χ0v) is 24.0. The van der Waals surface area contributed by atoms with Crippen molar-refractivity contribution in [2.45, 2.75) is 44.1 Å². The Bertz CT molecular complexity index is 1650. The molecule has 2 unspecified atom stereocenters. The number of halogens is 3. The standard InChI is InChI=1S/C34H34F3N5O/c1-41-29-12-9-25(33(43)40-28(20-38)23-5-3-2-4-6-23)19-27(29)31-30(41)15-18-42(32(31)24-13-16-39-17-14-24)21-22-7-10-26(11-8-22)34(35,36)37/h2-12,19,24,28,32,39H,13-18,21H2,1H3,(H,40,43). The van der Waals surface area contributed by atoms with Crippen molar-refractivity contribution in [2.75, 3.05) is 19.6 Å². The van der Waals surface area contributed by atoms with Crippen LogP contribution in [0.4, 0.5) is 13.2 Å². The van der Waals surface area contributed by atoms with Crippen molar-refractivity contribution in [3.05, 3.63) is 106 Å². The van der Waals surface area contributed by atoms with Crippen molar-refractivity contribution in [2.24, 2.45) is 13.0 Å². The van der Waals surface area contributed by atoms with E-state index in [4.69, 9.17) is 0 Å². The fourth-order valence-electron chi connectivity index (χ4n) is 6.83. The van der Waals surface area contributed by atoms with Gasteiger partial charge in [0.25, 0.3) is 5.91 Å². The Balaban J connectivity index is 1.36. The fraction of sp³-hybridized carbons (Fsp3) is 0.353. The number of rotatable bonds is 6. The molecule has 6 rings (SSSR count). The lowest BCUT2D eigenvalue weighted by molar-refractivity contribution is -0.137. The Labute approximate surface area is 249 Å². The summed E-state index contributed by atoms with van der Waals surface area (Å²) in [5.41, 5.74) is 4.90. The van der Waals surface area contributed by atoms with E-state index >= 15 is 0 Å². The maximum absolute atomic E-state index is 13.4. The summed E-state index contributed by atoms with van der Waals surface area (Å²) in [7, 11) is 2.06. The molecule has 2 aliphatic rings. The summed E-state index contributed by atoms with van der Waals surface area (Å²) in [6.07, 6.45) is -1.58. The maximum Gasteiger partial charge on any atom is 0.416 e. The summed E-state index contributed by atoms with van der Waals surface area (Å²) in [6.45, 7) is 3.17. The molecule has 0 radical (unpaired) electrons. The van der Waals surface area contributed by atoms with Crippen LogP contribution in [0.15, 0.2) is 72.8 Å². The fourth-order valence-corrected chi connectivity index (χ4v) is 6.83. The van der Waals surface area contributed by atoms with Crippen molar-refractivity contribution in [1.29, 1.82) is 5.26 Å². The first-order valence-corrected chi connectivity index (χ1v) is 14.7. The average Bonchev–Trinajstić information content (AvgIpc) is 3.31. The number of benzene rings is 3. The second-order valence-corrected chi connectivity index (χ2v) is 11.5. The van der Waals surface area contributed by atoms with Gasteiger partial charge in [0.15, 0.2) is 0 Å². The van der Waals surface area contributed by atoms with Crippen LogP contribution in [-0.4, -0.2) is 35.0 Å². The van der Waals surface area contributed by atoms with Crippen molar-refractivity contribution < 1.29 is 18.0 Å². The summed E-state index contributed by atoms with van der Waals surface area (Å²) < 4.78 is 41.8. The first kappa shape index (κ1) is 29.0. The second kappa shape index (κ2) is 11.9. The molecule has 0 aliphatic carbocycles. The molecule has 4 aromatic rings. The Kier molecular flexibility index (Phi) is 7.99. The van der Waals surface area contributed by atoms with E-state index in [0.29, 0.717) is 18.0 Å². The summed E-state index contributed by atoms with van der Waals surface area (Å²) in [5.74, 6) is 0.0459. The van der Waals surface area contributed by atoms with E-state index in [0.717, 1.165) is 73.1 Å². The number of carbonyl (C=O) groups is 1. The van der Waals surface area contributed by atoms with Gasteiger partial charge in [0.1, 0.15) is 6.04 Å². The third kappa shape index (κ3) is 5.77. The number of hydrogen-bond acceptors (Lipinski definition) is 4. The molecule has 2 aliphatic heterocycles. The molecule has 3 aromatic carbocycles. The highest BCUT2D eigenvalue weighted by atomic mass is 19.4. The van der Waals surface area contributed by atoms with Crippen molar-refractivity contribution in [3.8, 4) is 6.07 Å². The smallest absolute Gasteiger partial charge is 0.347 e. The highest BCUT2D eigenvalue weighted by Gasteiger charge is 2.38. The van der Waals surface area contributed by atoms with Gasteiger partial charge in [-0.1, -0.05) is 42.5 Å². The third-order valence-electron chi connectivity index (χ3n) is 8.99. The average molecular weight is 586 g/mol. The van der Waals surface area contributed by atoms with Crippen LogP contribution in [0.3, 0.4) is 0 Å². The third-order valence-corrected chi connectivity index (χ3v) is 8.99. The molecular weight excluding hydrogens is 551 g/mol. The molecule has 222 valence electrons. The van der Waals surface area contributed by atoms with E-state index < -0.39 is 17.8 Å².